The fraction of sp³-hybridized carbons (Fsp3) is 0.529. The highest BCUT2D eigenvalue weighted by Gasteiger charge is 2.16. The topological polar surface area (TPSA) is 58.6 Å². The Balaban J connectivity index is 2.56. The van der Waals surface area contributed by atoms with Gasteiger partial charge in [0.25, 0.3) is 0 Å². The third-order valence-electron chi connectivity index (χ3n) is 3.44. The molecule has 0 aliphatic carbocycles. The highest BCUT2D eigenvalue weighted by Crippen LogP contribution is 2.22. The number of methoxy groups -OCH3 is 1. The number of rotatable bonds is 9. The molecule has 1 aromatic rings. The van der Waals surface area contributed by atoms with Crippen molar-refractivity contribution in [3.05, 3.63) is 24.3 Å². The average molecular weight is 306 g/mol. The summed E-state index contributed by atoms with van der Waals surface area (Å²) in [6.07, 6.45) is 3.49. The predicted molar refractivity (Wildman–Crippen MR) is 88.0 cm³/mol. The summed E-state index contributed by atoms with van der Waals surface area (Å²) < 4.78 is 5.20. The normalized spacial score (nSPS) is 10.1. The smallest absolute Gasteiger partial charge is 0.244 e. The lowest BCUT2D eigenvalue weighted by Crippen LogP contribution is -2.37. The number of nitrogens with zero attached hydrogens (tertiary/aromatic N) is 1. The van der Waals surface area contributed by atoms with Crippen LogP contribution in [-0.2, 0) is 9.59 Å². The van der Waals surface area contributed by atoms with Gasteiger partial charge in [0, 0.05) is 13.0 Å². The van der Waals surface area contributed by atoms with Crippen LogP contribution in [0, 0.1) is 0 Å². The van der Waals surface area contributed by atoms with Gasteiger partial charge in [-0.25, -0.2) is 0 Å². The van der Waals surface area contributed by atoms with Crippen molar-refractivity contribution in [1.29, 1.82) is 0 Å². The second kappa shape index (κ2) is 9.82. The second-order valence-corrected chi connectivity index (χ2v) is 5.11. The van der Waals surface area contributed by atoms with Gasteiger partial charge < -0.3 is 15.0 Å². The Morgan fingerprint density at radius 3 is 2.55 bits per heavy atom. The maximum atomic E-state index is 12.1. The van der Waals surface area contributed by atoms with Crippen LogP contribution >= 0.6 is 0 Å². The molecule has 0 heterocycles. The minimum absolute atomic E-state index is 0.0335. The number of para-hydroxylation sites is 2. The molecule has 0 bridgehead atoms. The molecule has 2 amide bonds. The molecule has 122 valence electrons. The fourth-order valence-electron chi connectivity index (χ4n) is 2.17. The molecule has 0 aromatic heterocycles. The number of carbonyl (C=O) groups excluding carboxylic acids is 2. The lowest BCUT2D eigenvalue weighted by molar-refractivity contribution is -0.134. The minimum Gasteiger partial charge on any atom is -0.495 e. The average Bonchev–Trinajstić information content (AvgIpc) is 2.53. The number of hydrogen-bond donors (Lipinski definition) is 1. The molecule has 0 fully saturated rings. The van der Waals surface area contributed by atoms with Gasteiger partial charge in [-0.05, 0) is 25.5 Å². The molecule has 5 nitrogen and oxygen atoms in total. The summed E-state index contributed by atoms with van der Waals surface area (Å²) in [6.45, 7) is 4.58. The lowest BCUT2D eigenvalue weighted by Gasteiger charge is -2.20. The van der Waals surface area contributed by atoms with Crippen LogP contribution in [0.4, 0.5) is 5.69 Å². The standard InChI is InChI=1S/C17H26N2O3/c1-4-6-7-12-17(21)19(5-2)13-16(20)18-14-10-8-9-11-15(14)22-3/h8-11H,4-7,12-13H2,1-3H3,(H,18,20). The van der Waals surface area contributed by atoms with Crippen LogP contribution < -0.4 is 10.1 Å². The van der Waals surface area contributed by atoms with E-state index in [-0.39, 0.29) is 18.4 Å². The molecular formula is C17H26N2O3. The van der Waals surface area contributed by atoms with E-state index in [1.54, 1.807) is 24.1 Å². The third kappa shape index (κ3) is 5.76. The number of carbonyl (C=O) groups is 2. The monoisotopic (exact) mass is 306 g/mol. The number of anilines is 1. The summed E-state index contributed by atoms with van der Waals surface area (Å²) in [5.41, 5.74) is 0.615. The molecule has 0 saturated heterocycles. The van der Waals surface area contributed by atoms with Crippen molar-refractivity contribution in [2.45, 2.75) is 39.5 Å². The molecule has 0 radical (unpaired) electrons. The van der Waals surface area contributed by atoms with Gasteiger partial charge >= 0.3 is 0 Å². The Morgan fingerprint density at radius 1 is 1.18 bits per heavy atom. The van der Waals surface area contributed by atoms with Crippen LogP contribution in [0.1, 0.15) is 39.5 Å². The Morgan fingerprint density at radius 2 is 1.91 bits per heavy atom. The molecule has 0 aliphatic heterocycles. The number of amides is 2. The van der Waals surface area contributed by atoms with Crippen LogP contribution in [0.5, 0.6) is 5.75 Å². The van der Waals surface area contributed by atoms with Crippen molar-refractivity contribution >= 4 is 17.5 Å². The van der Waals surface area contributed by atoms with Gasteiger partial charge in [-0.3, -0.25) is 9.59 Å². The second-order valence-electron chi connectivity index (χ2n) is 5.11. The molecule has 0 atom stereocenters. The zero-order chi connectivity index (χ0) is 16.4. The van der Waals surface area contributed by atoms with Crippen molar-refractivity contribution in [3.8, 4) is 5.75 Å². The molecule has 0 aliphatic rings. The van der Waals surface area contributed by atoms with Gasteiger partial charge in [0.05, 0.1) is 19.3 Å². The number of nitrogens with one attached hydrogen (secondary N) is 1. The summed E-state index contributed by atoms with van der Waals surface area (Å²) in [5.74, 6) is 0.425. The van der Waals surface area contributed by atoms with E-state index in [0.29, 0.717) is 24.4 Å². The van der Waals surface area contributed by atoms with Crippen molar-refractivity contribution in [2.24, 2.45) is 0 Å². The lowest BCUT2D eigenvalue weighted by atomic mass is 10.2. The number of likely N-dealkylation sites (N-methyl/N-ethyl adjacent to an activating group) is 1. The summed E-state index contributed by atoms with van der Waals surface area (Å²) in [4.78, 5) is 25.8. The van der Waals surface area contributed by atoms with Gasteiger partial charge in [0.15, 0.2) is 0 Å². The van der Waals surface area contributed by atoms with Gasteiger partial charge in [-0.2, -0.15) is 0 Å². The predicted octanol–water partition coefficient (Wildman–Crippen LogP) is 3.06. The molecule has 1 N–H and O–H groups in total. The molecule has 0 spiro atoms. The maximum Gasteiger partial charge on any atom is 0.244 e. The van der Waals surface area contributed by atoms with Crippen molar-refractivity contribution in [1.82, 2.24) is 4.90 Å². The maximum absolute atomic E-state index is 12.1. The Kier molecular flexibility index (Phi) is 8.04. The quantitative estimate of drug-likeness (QED) is 0.713. The fourth-order valence-corrected chi connectivity index (χ4v) is 2.17. The highest BCUT2D eigenvalue weighted by molar-refractivity contribution is 5.95. The van der Waals surface area contributed by atoms with Gasteiger partial charge in [0.2, 0.25) is 11.8 Å². The number of unbranched alkanes of at least 4 members (excludes halogenated alkanes) is 2. The SMILES string of the molecule is CCCCCC(=O)N(CC)CC(=O)Nc1ccccc1OC. The minimum atomic E-state index is -0.213. The van der Waals surface area contributed by atoms with Crippen molar-refractivity contribution in [2.75, 3.05) is 25.5 Å². The first-order valence-corrected chi connectivity index (χ1v) is 7.83. The van der Waals surface area contributed by atoms with E-state index in [0.717, 1.165) is 19.3 Å². The van der Waals surface area contributed by atoms with Gasteiger partial charge in [-0.15, -0.1) is 0 Å². The summed E-state index contributed by atoms with van der Waals surface area (Å²) in [6, 6.07) is 7.22. The summed E-state index contributed by atoms with van der Waals surface area (Å²) >= 11 is 0. The van der Waals surface area contributed by atoms with E-state index in [1.165, 1.54) is 0 Å². The number of ether oxygens (including phenoxy) is 1. The largest absolute Gasteiger partial charge is 0.495 e. The molecular weight excluding hydrogens is 280 g/mol. The van der Waals surface area contributed by atoms with E-state index < -0.39 is 0 Å². The highest BCUT2D eigenvalue weighted by atomic mass is 16.5. The molecule has 5 heteroatoms. The number of benzene rings is 1. The molecule has 1 aromatic carbocycles. The van der Waals surface area contributed by atoms with Crippen LogP contribution in [0.3, 0.4) is 0 Å². The zero-order valence-corrected chi connectivity index (χ0v) is 13.7. The number of hydrogen-bond acceptors (Lipinski definition) is 3. The Bertz CT molecular complexity index is 489. The van der Waals surface area contributed by atoms with E-state index in [2.05, 4.69) is 12.2 Å². The molecule has 1 rings (SSSR count). The van der Waals surface area contributed by atoms with Gasteiger partial charge in [-0.1, -0.05) is 31.9 Å². The van der Waals surface area contributed by atoms with Crippen LogP contribution in [0.2, 0.25) is 0 Å². The Hall–Kier alpha value is -2.04. The third-order valence-corrected chi connectivity index (χ3v) is 3.44. The van der Waals surface area contributed by atoms with Crippen molar-refractivity contribution < 1.29 is 14.3 Å². The molecule has 0 unspecified atom stereocenters. The first-order valence-electron chi connectivity index (χ1n) is 7.83. The Labute approximate surface area is 132 Å². The molecule has 0 saturated carbocycles. The van der Waals surface area contributed by atoms with E-state index in [1.807, 2.05) is 19.1 Å². The molecule has 22 heavy (non-hydrogen) atoms. The van der Waals surface area contributed by atoms with Crippen molar-refractivity contribution in [3.63, 3.8) is 0 Å². The zero-order valence-electron chi connectivity index (χ0n) is 13.7. The van der Waals surface area contributed by atoms with E-state index >= 15 is 0 Å². The van der Waals surface area contributed by atoms with E-state index in [4.69, 9.17) is 4.74 Å². The van der Waals surface area contributed by atoms with E-state index in [9.17, 15) is 9.59 Å². The first-order chi connectivity index (χ1) is 10.6. The van der Waals surface area contributed by atoms with Crippen LogP contribution in [-0.4, -0.2) is 36.9 Å². The first kappa shape index (κ1) is 18.0. The summed E-state index contributed by atoms with van der Waals surface area (Å²) in [5, 5.41) is 2.79. The van der Waals surface area contributed by atoms with Crippen LogP contribution in [0.25, 0.3) is 0 Å². The van der Waals surface area contributed by atoms with Gasteiger partial charge in [0.1, 0.15) is 5.75 Å². The summed E-state index contributed by atoms with van der Waals surface area (Å²) in [7, 11) is 1.56. The van der Waals surface area contributed by atoms with Crippen LogP contribution in [0.15, 0.2) is 24.3 Å².